The van der Waals surface area contributed by atoms with Crippen LogP contribution in [0.25, 0.3) is 10.8 Å². The van der Waals surface area contributed by atoms with Gasteiger partial charge in [0.1, 0.15) is 11.6 Å². The molecule has 0 amide bonds. The highest BCUT2D eigenvalue weighted by Crippen LogP contribution is 2.38. The third-order valence-corrected chi connectivity index (χ3v) is 6.84. The monoisotopic (exact) mass is 452 g/mol. The van der Waals surface area contributed by atoms with Crippen molar-refractivity contribution >= 4 is 10.8 Å². The second-order valence-corrected chi connectivity index (χ2v) is 9.12. The largest absolute Gasteiger partial charge is 0.206 e. The van der Waals surface area contributed by atoms with E-state index in [4.69, 9.17) is 0 Å². The van der Waals surface area contributed by atoms with E-state index in [1.165, 1.54) is 56.0 Å². The van der Waals surface area contributed by atoms with Crippen LogP contribution in [0.3, 0.4) is 0 Å². The number of hydrogen-bond donors (Lipinski definition) is 0. The SMILES string of the molecule is CCCCCC1CCC(c2cc(F)c(C#Cc3ccc4c(F)c(F)ccc4c3)c(F)c2)CC1. The molecule has 0 nitrogen and oxygen atoms in total. The summed E-state index contributed by atoms with van der Waals surface area (Å²) in [6, 6.07) is 9.86. The van der Waals surface area contributed by atoms with Gasteiger partial charge in [0.2, 0.25) is 0 Å². The number of halogens is 4. The summed E-state index contributed by atoms with van der Waals surface area (Å²) in [5.41, 5.74) is 0.918. The van der Waals surface area contributed by atoms with Crippen molar-refractivity contribution in [3.8, 4) is 11.8 Å². The standard InChI is InChI=1S/C29H28F4/c1-2-3-4-5-19-6-10-21(11-7-19)23-17-27(31)25(28(32)18-23)14-9-20-8-13-24-22(16-20)12-15-26(30)29(24)33/h8,12-13,15-19,21H,2-7,10-11H2,1H3. The number of rotatable bonds is 5. The van der Waals surface area contributed by atoms with Gasteiger partial charge in [0, 0.05) is 10.9 Å². The van der Waals surface area contributed by atoms with E-state index in [0.717, 1.165) is 37.7 Å². The van der Waals surface area contributed by atoms with E-state index in [1.807, 2.05) is 0 Å². The molecule has 4 rings (SSSR count). The lowest BCUT2D eigenvalue weighted by Gasteiger charge is -2.29. The summed E-state index contributed by atoms with van der Waals surface area (Å²) >= 11 is 0. The Morgan fingerprint density at radius 2 is 1.52 bits per heavy atom. The van der Waals surface area contributed by atoms with Crippen LogP contribution in [0.5, 0.6) is 0 Å². The summed E-state index contributed by atoms with van der Waals surface area (Å²) in [7, 11) is 0. The van der Waals surface area contributed by atoms with Crippen molar-refractivity contribution in [2.24, 2.45) is 5.92 Å². The molecule has 0 aliphatic heterocycles. The Balaban J connectivity index is 1.48. The van der Waals surface area contributed by atoms with Crippen LogP contribution in [0.1, 0.15) is 80.9 Å². The summed E-state index contributed by atoms with van der Waals surface area (Å²) in [5.74, 6) is 3.11. The van der Waals surface area contributed by atoms with Crippen LogP contribution in [-0.4, -0.2) is 0 Å². The van der Waals surface area contributed by atoms with E-state index >= 15 is 0 Å². The van der Waals surface area contributed by atoms with Crippen molar-refractivity contribution in [2.45, 2.75) is 64.2 Å². The molecule has 4 heteroatoms. The molecule has 0 radical (unpaired) electrons. The average molecular weight is 453 g/mol. The van der Waals surface area contributed by atoms with E-state index in [0.29, 0.717) is 16.5 Å². The molecular formula is C29H28F4. The Morgan fingerprint density at radius 1 is 0.788 bits per heavy atom. The van der Waals surface area contributed by atoms with Crippen LogP contribution in [0, 0.1) is 41.0 Å². The third kappa shape index (κ3) is 5.41. The molecule has 172 valence electrons. The molecular weight excluding hydrogens is 424 g/mol. The lowest BCUT2D eigenvalue weighted by atomic mass is 9.77. The summed E-state index contributed by atoms with van der Waals surface area (Å²) in [5, 5.41) is 0.615. The smallest absolute Gasteiger partial charge is 0.166 e. The molecule has 3 aromatic carbocycles. The molecule has 1 aliphatic rings. The first-order valence-electron chi connectivity index (χ1n) is 11.8. The van der Waals surface area contributed by atoms with Gasteiger partial charge in [-0.3, -0.25) is 0 Å². The number of benzene rings is 3. The van der Waals surface area contributed by atoms with Gasteiger partial charge in [-0.15, -0.1) is 0 Å². The van der Waals surface area contributed by atoms with Crippen LogP contribution < -0.4 is 0 Å². The molecule has 33 heavy (non-hydrogen) atoms. The van der Waals surface area contributed by atoms with E-state index < -0.39 is 23.3 Å². The molecule has 0 unspecified atom stereocenters. The Bertz CT molecular complexity index is 1170. The highest BCUT2D eigenvalue weighted by Gasteiger charge is 2.24. The number of hydrogen-bond acceptors (Lipinski definition) is 0. The molecule has 0 saturated heterocycles. The highest BCUT2D eigenvalue weighted by atomic mass is 19.2. The minimum atomic E-state index is -0.922. The normalized spacial score (nSPS) is 18.2. The Labute approximate surface area is 193 Å². The number of fused-ring (bicyclic) bond motifs is 1. The van der Waals surface area contributed by atoms with Crippen LogP contribution in [0.15, 0.2) is 42.5 Å². The molecule has 3 aromatic rings. The molecule has 0 aromatic heterocycles. The fraction of sp³-hybridized carbons (Fsp3) is 0.379. The van der Waals surface area contributed by atoms with Crippen LogP contribution in [-0.2, 0) is 0 Å². The van der Waals surface area contributed by atoms with Crippen LogP contribution in [0.2, 0.25) is 0 Å². The van der Waals surface area contributed by atoms with Crippen molar-refractivity contribution in [1.82, 2.24) is 0 Å². The van der Waals surface area contributed by atoms with Crippen molar-refractivity contribution in [3.63, 3.8) is 0 Å². The van der Waals surface area contributed by atoms with E-state index in [-0.39, 0.29) is 16.9 Å². The molecule has 1 fully saturated rings. The zero-order chi connectivity index (χ0) is 23.4. The van der Waals surface area contributed by atoms with Crippen molar-refractivity contribution in [3.05, 3.63) is 82.4 Å². The molecule has 1 aliphatic carbocycles. The minimum absolute atomic E-state index is 0.141. The summed E-state index contributed by atoms with van der Waals surface area (Å²) in [6.07, 6.45) is 9.19. The highest BCUT2D eigenvalue weighted by molar-refractivity contribution is 5.84. The Kier molecular flexibility index (Phi) is 7.38. The van der Waals surface area contributed by atoms with Gasteiger partial charge in [-0.05, 0) is 78.8 Å². The van der Waals surface area contributed by atoms with Crippen molar-refractivity contribution in [2.75, 3.05) is 0 Å². The first kappa shape index (κ1) is 23.4. The Morgan fingerprint density at radius 3 is 2.21 bits per heavy atom. The van der Waals surface area contributed by atoms with Gasteiger partial charge in [-0.2, -0.15) is 0 Å². The average Bonchev–Trinajstić information content (AvgIpc) is 2.81. The van der Waals surface area contributed by atoms with Crippen LogP contribution >= 0.6 is 0 Å². The minimum Gasteiger partial charge on any atom is -0.206 e. The second kappa shape index (κ2) is 10.4. The summed E-state index contributed by atoms with van der Waals surface area (Å²) in [6.45, 7) is 2.21. The number of unbranched alkanes of at least 4 members (excludes halogenated alkanes) is 2. The van der Waals surface area contributed by atoms with Gasteiger partial charge >= 0.3 is 0 Å². The zero-order valence-electron chi connectivity index (χ0n) is 18.9. The zero-order valence-corrected chi connectivity index (χ0v) is 18.9. The second-order valence-electron chi connectivity index (χ2n) is 9.12. The summed E-state index contributed by atoms with van der Waals surface area (Å²) < 4.78 is 56.8. The molecule has 0 atom stereocenters. The predicted octanol–water partition coefficient (Wildman–Crippen LogP) is 8.65. The van der Waals surface area contributed by atoms with E-state index in [9.17, 15) is 17.6 Å². The van der Waals surface area contributed by atoms with Crippen molar-refractivity contribution < 1.29 is 17.6 Å². The van der Waals surface area contributed by atoms with Gasteiger partial charge in [-0.25, -0.2) is 17.6 Å². The lowest BCUT2D eigenvalue weighted by Crippen LogP contribution is -2.14. The van der Waals surface area contributed by atoms with Gasteiger partial charge in [-0.1, -0.05) is 56.6 Å². The topological polar surface area (TPSA) is 0 Å². The van der Waals surface area contributed by atoms with Crippen LogP contribution in [0.4, 0.5) is 17.6 Å². The first-order chi connectivity index (χ1) is 16.0. The van der Waals surface area contributed by atoms with Gasteiger partial charge in [0.15, 0.2) is 11.6 Å². The fourth-order valence-corrected chi connectivity index (χ4v) is 4.89. The van der Waals surface area contributed by atoms with Gasteiger partial charge in [0.25, 0.3) is 0 Å². The Hall–Kier alpha value is -2.80. The maximum Gasteiger partial charge on any atom is 0.166 e. The van der Waals surface area contributed by atoms with E-state index in [1.54, 1.807) is 6.07 Å². The molecule has 0 heterocycles. The predicted molar refractivity (Wildman–Crippen MR) is 125 cm³/mol. The quantitative estimate of drug-likeness (QED) is 0.206. The first-order valence-corrected chi connectivity index (χ1v) is 11.8. The molecule has 0 spiro atoms. The maximum absolute atomic E-state index is 14.8. The van der Waals surface area contributed by atoms with Gasteiger partial charge < -0.3 is 0 Å². The fourth-order valence-electron chi connectivity index (χ4n) is 4.89. The third-order valence-electron chi connectivity index (χ3n) is 6.84. The summed E-state index contributed by atoms with van der Waals surface area (Å²) in [4.78, 5) is 0. The maximum atomic E-state index is 14.8. The molecule has 1 saturated carbocycles. The molecule has 0 N–H and O–H groups in total. The van der Waals surface area contributed by atoms with Crippen molar-refractivity contribution in [1.29, 1.82) is 0 Å². The lowest BCUT2D eigenvalue weighted by molar-refractivity contribution is 0.302. The van der Waals surface area contributed by atoms with E-state index in [2.05, 4.69) is 18.8 Å². The molecule has 0 bridgehead atoms. The van der Waals surface area contributed by atoms with Gasteiger partial charge in [0.05, 0.1) is 5.56 Å².